The number of aromatic nitrogens is 2. The van der Waals surface area contributed by atoms with E-state index in [0.29, 0.717) is 0 Å². The first kappa shape index (κ1) is 8.67. The molecule has 2 aromatic heterocycles. The summed E-state index contributed by atoms with van der Waals surface area (Å²) in [5.74, 6) is 0. The maximum Gasteiger partial charge on any atom is 0.139 e. The quantitative estimate of drug-likeness (QED) is 0.575. The van der Waals surface area contributed by atoms with E-state index in [1.54, 1.807) is 0 Å². The predicted molar refractivity (Wildman–Crippen MR) is 64.2 cm³/mol. The van der Waals surface area contributed by atoms with Gasteiger partial charge in [-0.25, -0.2) is 4.98 Å². The number of aromatic amines is 1. The number of nitrogens with zero attached hydrogens (tertiary/aromatic N) is 1. The number of hydrogen-bond donors (Lipinski definition) is 2. The molecule has 0 unspecified atom stereocenters. The van der Waals surface area contributed by atoms with Crippen molar-refractivity contribution in [1.82, 2.24) is 15.3 Å². The number of hydrogen-bond acceptors (Lipinski definition) is 2. The fraction of sp³-hybridized carbons (Fsp3) is 0.300. The lowest BCUT2D eigenvalue weighted by molar-refractivity contribution is 0.640. The largest absolute Gasteiger partial charge is 0.343 e. The molecule has 1 aliphatic rings. The van der Waals surface area contributed by atoms with Crippen molar-refractivity contribution in [2.75, 3.05) is 6.54 Å². The predicted octanol–water partition coefficient (Wildman–Crippen LogP) is 1.81. The van der Waals surface area contributed by atoms with Crippen molar-refractivity contribution >= 4 is 33.6 Å². The van der Waals surface area contributed by atoms with E-state index < -0.39 is 0 Å². The Balaban J connectivity index is 2.31. The molecule has 14 heavy (non-hydrogen) atoms. The van der Waals surface area contributed by atoms with Gasteiger partial charge in [-0.1, -0.05) is 0 Å². The molecule has 2 N–H and O–H groups in total. The maximum absolute atomic E-state index is 4.48. The molecule has 0 amide bonds. The molecule has 1 aliphatic heterocycles. The Labute approximate surface area is 95.4 Å². The Bertz CT molecular complexity index is 489. The van der Waals surface area contributed by atoms with Crippen LogP contribution in [0, 0.1) is 3.70 Å². The van der Waals surface area contributed by atoms with Gasteiger partial charge < -0.3 is 10.3 Å². The summed E-state index contributed by atoms with van der Waals surface area (Å²) in [6.07, 6.45) is 1.09. The highest BCUT2D eigenvalue weighted by molar-refractivity contribution is 14.1. The van der Waals surface area contributed by atoms with Crippen LogP contribution in [-0.2, 0) is 13.0 Å². The lowest BCUT2D eigenvalue weighted by Crippen LogP contribution is -2.22. The van der Waals surface area contributed by atoms with Crippen molar-refractivity contribution in [3.8, 4) is 0 Å². The third kappa shape index (κ3) is 1.25. The zero-order chi connectivity index (χ0) is 9.54. The van der Waals surface area contributed by atoms with E-state index in [-0.39, 0.29) is 0 Å². The standard InChI is InChI=1S/C10H10IN3/c11-9-2-1-6-7-5-12-4-3-8(7)13-10(6)14-9/h1-2,12H,3-5H2,(H,13,14). The summed E-state index contributed by atoms with van der Waals surface area (Å²) in [4.78, 5) is 7.88. The molecule has 3 rings (SSSR count). The summed E-state index contributed by atoms with van der Waals surface area (Å²) in [6, 6.07) is 4.22. The second kappa shape index (κ2) is 3.20. The molecule has 0 saturated heterocycles. The van der Waals surface area contributed by atoms with Gasteiger partial charge in [0.2, 0.25) is 0 Å². The Morgan fingerprint density at radius 3 is 3.21 bits per heavy atom. The Kier molecular flexibility index (Phi) is 1.98. The minimum Gasteiger partial charge on any atom is -0.343 e. The van der Waals surface area contributed by atoms with Crippen LogP contribution in [0.15, 0.2) is 12.1 Å². The normalized spacial score (nSPS) is 15.8. The topological polar surface area (TPSA) is 40.7 Å². The molecular formula is C10H10IN3. The van der Waals surface area contributed by atoms with Gasteiger partial charge in [0.1, 0.15) is 9.35 Å². The molecule has 0 aliphatic carbocycles. The highest BCUT2D eigenvalue weighted by Crippen LogP contribution is 2.23. The van der Waals surface area contributed by atoms with Crippen LogP contribution >= 0.6 is 22.6 Å². The molecule has 4 heteroatoms. The second-order valence-corrected chi connectivity index (χ2v) is 4.64. The first-order valence-electron chi connectivity index (χ1n) is 4.71. The van der Waals surface area contributed by atoms with Crippen LogP contribution in [0.3, 0.4) is 0 Å². The highest BCUT2D eigenvalue weighted by Gasteiger charge is 2.15. The first-order valence-corrected chi connectivity index (χ1v) is 5.79. The van der Waals surface area contributed by atoms with Gasteiger partial charge in [-0.2, -0.15) is 0 Å². The minimum absolute atomic E-state index is 0.970. The number of nitrogens with one attached hydrogen (secondary N) is 2. The fourth-order valence-electron chi connectivity index (χ4n) is 2.00. The number of fused-ring (bicyclic) bond motifs is 3. The third-order valence-electron chi connectivity index (χ3n) is 2.67. The molecular weight excluding hydrogens is 289 g/mol. The van der Waals surface area contributed by atoms with E-state index in [9.17, 15) is 0 Å². The number of halogens is 1. The lowest BCUT2D eigenvalue weighted by atomic mass is 10.1. The van der Waals surface area contributed by atoms with E-state index >= 15 is 0 Å². The van der Waals surface area contributed by atoms with Crippen LogP contribution < -0.4 is 5.32 Å². The Morgan fingerprint density at radius 2 is 2.29 bits per heavy atom. The molecule has 2 aromatic rings. The van der Waals surface area contributed by atoms with E-state index in [1.165, 1.54) is 16.6 Å². The molecule has 0 spiro atoms. The van der Waals surface area contributed by atoms with Gasteiger partial charge in [0, 0.05) is 30.6 Å². The highest BCUT2D eigenvalue weighted by atomic mass is 127. The van der Waals surface area contributed by atoms with E-state index in [0.717, 1.165) is 28.9 Å². The van der Waals surface area contributed by atoms with Crippen LogP contribution in [0.25, 0.3) is 11.0 Å². The maximum atomic E-state index is 4.48. The molecule has 0 radical (unpaired) electrons. The van der Waals surface area contributed by atoms with Gasteiger partial charge in [-0.15, -0.1) is 0 Å². The summed E-state index contributed by atoms with van der Waals surface area (Å²) >= 11 is 2.24. The van der Waals surface area contributed by atoms with Crippen molar-refractivity contribution in [2.24, 2.45) is 0 Å². The van der Waals surface area contributed by atoms with Crippen LogP contribution in [0.5, 0.6) is 0 Å². The first-order chi connectivity index (χ1) is 6.84. The molecule has 0 fully saturated rings. The van der Waals surface area contributed by atoms with Gasteiger partial charge in [0.15, 0.2) is 0 Å². The van der Waals surface area contributed by atoms with Gasteiger partial charge in [-0.05, 0) is 40.3 Å². The molecule has 72 valence electrons. The Morgan fingerprint density at radius 1 is 1.36 bits per heavy atom. The van der Waals surface area contributed by atoms with E-state index in [1.807, 2.05) is 0 Å². The minimum atomic E-state index is 0.970. The molecule has 3 heterocycles. The average molecular weight is 299 g/mol. The molecule has 0 bridgehead atoms. The van der Waals surface area contributed by atoms with Crippen molar-refractivity contribution in [3.05, 3.63) is 27.1 Å². The van der Waals surface area contributed by atoms with Crippen LogP contribution in [0.1, 0.15) is 11.3 Å². The SMILES string of the molecule is Ic1ccc2c3c([nH]c2n1)CCNC3. The van der Waals surface area contributed by atoms with Crippen LogP contribution in [0.2, 0.25) is 0 Å². The monoisotopic (exact) mass is 299 g/mol. The number of pyridine rings is 1. The lowest BCUT2D eigenvalue weighted by Gasteiger charge is -2.12. The van der Waals surface area contributed by atoms with Gasteiger partial charge in [0.25, 0.3) is 0 Å². The zero-order valence-corrected chi connectivity index (χ0v) is 9.76. The van der Waals surface area contributed by atoms with Gasteiger partial charge in [-0.3, -0.25) is 0 Å². The van der Waals surface area contributed by atoms with Crippen LogP contribution in [-0.4, -0.2) is 16.5 Å². The zero-order valence-electron chi connectivity index (χ0n) is 7.60. The van der Waals surface area contributed by atoms with Crippen molar-refractivity contribution in [1.29, 1.82) is 0 Å². The number of H-pyrrole nitrogens is 1. The Hall–Kier alpha value is -0.620. The summed E-state index contributed by atoms with van der Waals surface area (Å²) in [5.41, 5.74) is 3.79. The van der Waals surface area contributed by atoms with Gasteiger partial charge in [0.05, 0.1) is 0 Å². The van der Waals surface area contributed by atoms with E-state index in [2.05, 4.69) is 50.0 Å². The average Bonchev–Trinajstić information content (AvgIpc) is 2.54. The van der Waals surface area contributed by atoms with E-state index in [4.69, 9.17) is 0 Å². The summed E-state index contributed by atoms with van der Waals surface area (Å²) in [5, 5.41) is 4.66. The van der Waals surface area contributed by atoms with Crippen molar-refractivity contribution in [3.63, 3.8) is 0 Å². The molecule has 3 nitrogen and oxygen atoms in total. The molecule has 0 atom stereocenters. The summed E-state index contributed by atoms with van der Waals surface area (Å²) in [7, 11) is 0. The molecule has 0 saturated carbocycles. The van der Waals surface area contributed by atoms with Crippen LogP contribution in [0.4, 0.5) is 0 Å². The smallest absolute Gasteiger partial charge is 0.139 e. The van der Waals surface area contributed by atoms with Crippen molar-refractivity contribution in [2.45, 2.75) is 13.0 Å². The molecule has 0 aromatic carbocycles. The van der Waals surface area contributed by atoms with Crippen molar-refractivity contribution < 1.29 is 0 Å². The summed E-state index contributed by atoms with van der Waals surface area (Å²) in [6.45, 7) is 2.04. The third-order valence-corrected chi connectivity index (χ3v) is 3.27. The second-order valence-electron chi connectivity index (χ2n) is 3.54. The number of rotatable bonds is 0. The van der Waals surface area contributed by atoms with Gasteiger partial charge >= 0.3 is 0 Å². The fourth-order valence-corrected chi connectivity index (χ4v) is 2.42. The summed E-state index contributed by atoms with van der Waals surface area (Å²) < 4.78 is 1.04.